The zero-order valence-corrected chi connectivity index (χ0v) is 13.0. The van der Waals surface area contributed by atoms with Crippen molar-refractivity contribution in [2.45, 2.75) is 32.7 Å². The largest absolute Gasteiger partial charge is 0.506 e. The maximum Gasteiger partial charge on any atom is 0.323 e. The number of aromatic hydroxyl groups is 1. The van der Waals surface area contributed by atoms with E-state index in [1.54, 1.807) is 19.2 Å². The van der Waals surface area contributed by atoms with Gasteiger partial charge in [-0.15, -0.1) is 0 Å². The molecule has 0 fully saturated rings. The molecule has 2 aromatic rings. The van der Waals surface area contributed by atoms with Crippen LogP contribution < -0.4 is 5.32 Å². The summed E-state index contributed by atoms with van der Waals surface area (Å²) < 4.78 is 5.14. The molecule has 0 saturated heterocycles. The van der Waals surface area contributed by atoms with Crippen molar-refractivity contribution < 1.29 is 14.6 Å². The summed E-state index contributed by atoms with van der Waals surface area (Å²) in [5.41, 5.74) is 1.51. The van der Waals surface area contributed by atoms with Crippen molar-refractivity contribution in [3.05, 3.63) is 36.0 Å². The van der Waals surface area contributed by atoms with Crippen LogP contribution in [0.3, 0.4) is 0 Å². The first kappa shape index (κ1) is 16.2. The van der Waals surface area contributed by atoms with Crippen molar-refractivity contribution in [3.63, 3.8) is 0 Å². The summed E-state index contributed by atoms with van der Waals surface area (Å²) in [6.45, 7) is 4.96. The number of hydrogen-bond donors (Lipinski definition) is 2. The number of nitrogens with zero attached hydrogens (tertiary/aromatic N) is 1. The minimum atomic E-state index is -0.396. The molecule has 118 valence electrons. The van der Waals surface area contributed by atoms with E-state index in [0.29, 0.717) is 18.5 Å². The van der Waals surface area contributed by atoms with Crippen molar-refractivity contribution in [3.8, 4) is 5.75 Å². The van der Waals surface area contributed by atoms with Gasteiger partial charge in [0.25, 0.3) is 0 Å². The number of hydrogen-bond acceptors (Lipinski definition) is 5. The molecule has 1 aromatic heterocycles. The van der Waals surface area contributed by atoms with Crippen LogP contribution in [0.1, 0.15) is 25.8 Å². The summed E-state index contributed by atoms with van der Waals surface area (Å²) in [6, 6.07) is 6.78. The number of benzene rings is 1. The normalized spacial score (nSPS) is 12.3. The molecule has 0 bridgehead atoms. The summed E-state index contributed by atoms with van der Waals surface area (Å²) in [7, 11) is 0. The Balaban J connectivity index is 2.29. The lowest BCUT2D eigenvalue weighted by molar-refractivity contribution is -0.145. The Kier molecular flexibility index (Phi) is 5.72. The maximum atomic E-state index is 12.1. The predicted molar refractivity (Wildman–Crippen MR) is 85.8 cm³/mol. The van der Waals surface area contributed by atoms with Gasteiger partial charge in [0.15, 0.2) is 0 Å². The smallest absolute Gasteiger partial charge is 0.323 e. The van der Waals surface area contributed by atoms with E-state index < -0.39 is 6.04 Å². The van der Waals surface area contributed by atoms with Gasteiger partial charge >= 0.3 is 5.97 Å². The predicted octanol–water partition coefficient (Wildman–Crippen LogP) is 2.41. The Hall–Kier alpha value is -2.14. The Labute approximate surface area is 130 Å². The third-order valence-electron chi connectivity index (χ3n) is 3.47. The maximum absolute atomic E-state index is 12.1. The molecule has 1 heterocycles. The molecule has 0 aliphatic heterocycles. The van der Waals surface area contributed by atoms with Gasteiger partial charge in [0.1, 0.15) is 17.3 Å². The topological polar surface area (TPSA) is 71.5 Å². The number of pyridine rings is 1. The monoisotopic (exact) mass is 302 g/mol. The van der Waals surface area contributed by atoms with Gasteiger partial charge in [-0.05, 0) is 44.0 Å². The van der Waals surface area contributed by atoms with E-state index in [-0.39, 0.29) is 11.7 Å². The average Bonchev–Trinajstić information content (AvgIpc) is 2.54. The highest BCUT2D eigenvalue weighted by molar-refractivity contribution is 5.88. The minimum absolute atomic E-state index is 0.147. The van der Waals surface area contributed by atoms with Crippen LogP contribution in [0.5, 0.6) is 5.75 Å². The summed E-state index contributed by atoms with van der Waals surface area (Å²) in [5.74, 6) is -0.102. The first-order valence-electron chi connectivity index (χ1n) is 7.63. The Morgan fingerprint density at radius 3 is 2.91 bits per heavy atom. The van der Waals surface area contributed by atoms with Crippen molar-refractivity contribution >= 4 is 16.9 Å². The van der Waals surface area contributed by atoms with E-state index in [2.05, 4.69) is 17.2 Å². The fraction of sp³-hybridized carbons (Fsp3) is 0.412. The number of esters is 1. The Bertz CT molecular complexity index is 643. The van der Waals surface area contributed by atoms with E-state index in [1.165, 1.54) is 0 Å². The number of phenols is 1. The molecule has 1 atom stereocenters. The molecule has 0 aliphatic rings. The van der Waals surface area contributed by atoms with Crippen LogP contribution in [0.2, 0.25) is 0 Å². The van der Waals surface area contributed by atoms with Crippen LogP contribution in [-0.2, 0) is 16.0 Å². The number of aromatic nitrogens is 1. The third kappa shape index (κ3) is 3.74. The molecule has 1 aromatic carbocycles. The highest BCUT2D eigenvalue weighted by Gasteiger charge is 2.20. The Morgan fingerprint density at radius 1 is 1.36 bits per heavy atom. The standard InChI is InChI=1S/C17H22N2O3/c1-3-9-18-14(17(21)22-4-2)11-12-7-8-15(20)16-13(12)6-5-10-19-16/h5-8,10,14,18,20H,3-4,9,11H2,1-2H3. The van der Waals surface area contributed by atoms with Gasteiger partial charge in [-0.2, -0.15) is 0 Å². The molecular weight excluding hydrogens is 280 g/mol. The van der Waals surface area contributed by atoms with Gasteiger partial charge in [0.05, 0.1) is 6.61 Å². The minimum Gasteiger partial charge on any atom is -0.506 e. The van der Waals surface area contributed by atoms with E-state index in [9.17, 15) is 9.90 Å². The number of carbonyl (C=O) groups excluding carboxylic acids is 1. The number of phenolic OH excluding ortho intramolecular Hbond substituents is 1. The second-order valence-corrected chi connectivity index (χ2v) is 5.11. The van der Waals surface area contributed by atoms with Crippen LogP contribution >= 0.6 is 0 Å². The molecule has 0 radical (unpaired) electrons. The Morgan fingerprint density at radius 2 is 2.18 bits per heavy atom. The number of ether oxygens (including phenoxy) is 1. The fourth-order valence-corrected chi connectivity index (χ4v) is 2.41. The first-order valence-corrected chi connectivity index (χ1v) is 7.63. The van der Waals surface area contributed by atoms with Crippen molar-refractivity contribution in [1.82, 2.24) is 10.3 Å². The van der Waals surface area contributed by atoms with Gasteiger partial charge in [-0.1, -0.05) is 19.1 Å². The fourth-order valence-electron chi connectivity index (χ4n) is 2.41. The molecule has 1 unspecified atom stereocenters. The van der Waals surface area contributed by atoms with E-state index >= 15 is 0 Å². The summed E-state index contributed by atoms with van der Waals surface area (Å²) in [4.78, 5) is 16.3. The summed E-state index contributed by atoms with van der Waals surface area (Å²) in [6.07, 6.45) is 3.08. The lowest BCUT2D eigenvalue weighted by atomic mass is 10.0. The van der Waals surface area contributed by atoms with Gasteiger partial charge in [-0.25, -0.2) is 0 Å². The average molecular weight is 302 g/mol. The number of fused-ring (bicyclic) bond motifs is 1. The number of carbonyl (C=O) groups is 1. The summed E-state index contributed by atoms with van der Waals surface area (Å²) >= 11 is 0. The molecule has 5 nitrogen and oxygen atoms in total. The number of nitrogens with one attached hydrogen (secondary N) is 1. The van der Waals surface area contributed by atoms with E-state index in [1.807, 2.05) is 18.2 Å². The SMILES string of the molecule is CCCNC(Cc1ccc(O)c2ncccc12)C(=O)OCC. The highest BCUT2D eigenvalue weighted by atomic mass is 16.5. The lowest BCUT2D eigenvalue weighted by Crippen LogP contribution is -2.40. The highest BCUT2D eigenvalue weighted by Crippen LogP contribution is 2.26. The van der Waals surface area contributed by atoms with Crippen LogP contribution in [0, 0.1) is 0 Å². The molecule has 2 N–H and O–H groups in total. The zero-order chi connectivity index (χ0) is 15.9. The van der Waals surface area contributed by atoms with Crippen LogP contribution in [0.25, 0.3) is 10.9 Å². The molecule has 0 spiro atoms. The first-order chi connectivity index (χ1) is 10.7. The molecule has 5 heteroatoms. The summed E-state index contributed by atoms with van der Waals surface area (Å²) in [5, 5.41) is 14.0. The second kappa shape index (κ2) is 7.75. The molecule has 2 rings (SSSR count). The molecule has 0 aliphatic carbocycles. The van der Waals surface area contributed by atoms with Crippen molar-refractivity contribution in [1.29, 1.82) is 0 Å². The van der Waals surface area contributed by atoms with E-state index in [4.69, 9.17) is 4.74 Å². The van der Waals surface area contributed by atoms with Crippen LogP contribution in [-0.4, -0.2) is 35.3 Å². The second-order valence-electron chi connectivity index (χ2n) is 5.11. The quantitative estimate of drug-likeness (QED) is 0.769. The molecule has 0 saturated carbocycles. The number of rotatable bonds is 7. The molecule has 0 amide bonds. The van der Waals surface area contributed by atoms with E-state index in [0.717, 1.165) is 23.9 Å². The van der Waals surface area contributed by atoms with Gasteiger partial charge in [0.2, 0.25) is 0 Å². The third-order valence-corrected chi connectivity index (χ3v) is 3.47. The lowest BCUT2D eigenvalue weighted by Gasteiger charge is -2.18. The van der Waals surface area contributed by atoms with Gasteiger partial charge in [-0.3, -0.25) is 9.78 Å². The van der Waals surface area contributed by atoms with Crippen molar-refractivity contribution in [2.75, 3.05) is 13.2 Å². The zero-order valence-electron chi connectivity index (χ0n) is 13.0. The van der Waals surface area contributed by atoms with Crippen molar-refractivity contribution in [2.24, 2.45) is 0 Å². The van der Waals surface area contributed by atoms with Gasteiger partial charge in [0, 0.05) is 11.6 Å². The van der Waals surface area contributed by atoms with Gasteiger partial charge < -0.3 is 15.2 Å². The molecular formula is C17H22N2O3. The van der Waals surface area contributed by atoms with Crippen LogP contribution in [0.4, 0.5) is 0 Å². The molecule has 22 heavy (non-hydrogen) atoms. The van der Waals surface area contributed by atoms with Crippen LogP contribution in [0.15, 0.2) is 30.5 Å².